The average Bonchev–Trinajstić information content (AvgIpc) is 2.44. The van der Waals surface area contributed by atoms with Crippen molar-refractivity contribution >= 4 is 10.0 Å². The number of benzene rings is 2. The van der Waals surface area contributed by atoms with Crippen LogP contribution in [-0.2, 0) is 15.0 Å². The molecule has 22 heavy (non-hydrogen) atoms. The number of ether oxygens (including phenoxy) is 1. The molecule has 0 amide bonds. The summed E-state index contributed by atoms with van der Waals surface area (Å²) in [5.74, 6) is -0.266. The number of alkyl halides is 3. The van der Waals surface area contributed by atoms with Gasteiger partial charge in [-0.1, -0.05) is 48.5 Å². The number of halogens is 3. The van der Waals surface area contributed by atoms with Crippen LogP contribution in [-0.4, -0.2) is 14.6 Å². The Kier molecular flexibility index (Phi) is 4.17. The minimum absolute atomic E-state index is 0.266. The van der Waals surface area contributed by atoms with Gasteiger partial charge in [-0.05, 0) is 12.1 Å². The first-order valence-corrected chi connectivity index (χ1v) is 7.62. The first kappa shape index (κ1) is 16.3. The van der Waals surface area contributed by atoms with Crippen molar-refractivity contribution in [1.82, 2.24) is 0 Å². The lowest BCUT2D eigenvalue weighted by Gasteiger charge is -2.34. The molecule has 0 spiro atoms. The van der Waals surface area contributed by atoms with E-state index in [1.165, 1.54) is 42.5 Å². The predicted molar refractivity (Wildman–Crippen MR) is 74.4 cm³/mol. The molecule has 2 aromatic rings. The molecule has 0 aliphatic heterocycles. The van der Waals surface area contributed by atoms with Gasteiger partial charge in [0.05, 0.1) is 0 Å². The highest BCUT2D eigenvalue weighted by Crippen LogP contribution is 2.45. The second kappa shape index (κ2) is 5.62. The van der Waals surface area contributed by atoms with E-state index in [1.54, 1.807) is 6.07 Å². The molecule has 0 heterocycles. The summed E-state index contributed by atoms with van der Waals surface area (Å²) < 4.78 is 69.5. The molecule has 2 N–H and O–H groups in total. The van der Waals surface area contributed by atoms with Gasteiger partial charge in [0.1, 0.15) is 5.75 Å². The topological polar surface area (TPSA) is 69.4 Å². The number of hydrogen-bond donors (Lipinski definition) is 1. The summed E-state index contributed by atoms with van der Waals surface area (Å²) in [5, 5.41) is 4.91. The maximum absolute atomic E-state index is 13.7. The number of hydrogen-bond acceptors (Lipinski definition) is 3. The Morgan fingerprint density at radius 3 is 1.73 bits per heavy atom. The third-order valence-corrected chi connectivity index (χ3v) is 4.28. The largest absolute Gasteiger partial charge is 0.457 e. The molecular formula is C14H12F3NO3S. The highest BCUT2D eigenvalue weighted by atomic mass is 32.2. The molecule has 0 saturated carbocycles. The Bertz CT molecular complexity index is 733. The molecule has 0 aliphatic carbocycles. The molecule has 118 valence electrons. The van der Waals surface area contributed by atoms with E-state index in [4.69, 9.17) is 9.88 Å². The Morgan fingerprint density at radius 1 is 0.864 bits per heavy atom. The van der Waals surface area contributed by atoms with Crippen LogP contribution in [0.2, 0.25) is 0 Å². The molecule has 0 bridgehead atoms. The lowest BCUT2D eigenvalue weighted by molar-refractivity contribution is -0.218. The number of primary sulfonamides is 1. The van der Waals surface area contributed by atoms with Crippen LogP contribution in [0.4, 0.5) is 13.2 Å². The van der Waals surface area contributed by atoms with Crippen LogP contribution in [0.5, 0.6) is 5.75 Å². The van der Waals surface area contributed by atoms with Crippen molar-refractivity contribution in [3.63, 3.8) is 0 Å². The Morgan fingerprint density at radius 2 is 1.32 bits per heavy atom. The minimum Gasteiger partial charge on any atom is -0.457 e. The molecule has 1 unspecified atom stereocenters. The van der Waals surface area contributed by atoms with Gasteiger partial charge in [-0.15, -0.1) is 0 Å². The van der Waals surface area contributed by atoms with Crippen LogP contribution in [0.15, 0.2) is 60.7 Å². The quantitative estimate of drug-likeness (QED) is 0.936. The van der Waals surface area contributed by atoms with E-state index < -0.39 is 26.7 Å². The molecule has 0 fully saturated rings. The van der Waals surface area contributed by atoms with E-state index in [9.17, 15) is 21.6 Å². The van der Waals surface area contributed by atoms with Crippen LogP contribution in [0.1, 0.15) is 5.56 Å². The van der Waals surface area contributed by atoms with E-state index in [0.29, 0.717) is 0 Å². The van der Waals surface area contributed by atoms with Gasteiger partial charge in [0, 0.05) is 5.56 Å². The van der Waals surface area contributed by atoms with Crippen LogP contribution in [0.25, 0.3) is 0 Å². The van der Waals surface area contributed by atoms with Gasteiger partial charge in [-0.25, -0.2) is 13.6 Å². The molecule has 2 rings (SSSR count). The van der Waals surface area contributed by atoms with Gasteiger partial charge in [-0.3, -0.25) is 0 Å². The Labute approximate surface area is 125 Å². The number of para-hydroxylation sites is 1. The highest BCUT2D eigenvalue weighted by Gasteiger charge is 2.67. The molecule has 0 aromatic heterocycles. The first-order valence-electron chi connectivity index (χ1n) is 6.07. The molecule has 1 atom stereocenters. The summed E-state index contributed by atoms with van der Waals surface area (Å²) in [4.78, 5) is -3.68. The van der Waals surface area contributed by atoms with Crippen molar-refractivity contribution in [3.8, 4) is 5.75 Å². The minimum atomic E-state index is -5.28. The van der Waals surface area contributed by atoms with E-state index in [2.05, 4.69) is 0 Å². The zero-order chi connectivity index (χ0) is 16.4. The summed E-state index contributed by atoms with van der Waals surface area (Å²) >= 11 is 0. The van der Waals surface area contributed by atoms with Crippen LogP contribution >= 0.6 is 0 Å². The first-order chi connectivity index (χ1) is 10.2. The van der Waals surface area contributed by atoms with Crippen molar-refractivity contribution in [2.75, 3.05) is 0 Å². The third kappa shape index (κ3) is 2.79. The summed E-state index contributed by atoms with van der Waals surface area (Å²) in [7, 11) is -5.18. The summed E-state index contributed by atoms with van der Waals surface area (Å²) in [6.07, 6.45) is -5.28. The van der Waals surface area contributed by atoms with Crippen molar-refractivity contribution in [2.45, 2.75) is 11.1 Å². The zero-order valence-electron chi connectivity index (χ0n) is 11.1. The van der Waals surface area contributed by atoms with Crippen molar-refractivity contribution < 1.29 is 26.3 Å². The smallest absolute Gasteiger partial charge is 0.449 e. The van der Waals surface area contributed by atoms with Crippen LogP contribution < -0.4 is 9.88 Å². The summed E-state index contributed by atoms with van der Waals surface area (Å²) in [6.45, 7) is 0. The molecule has 2 aromatic carbocycles. The van der Waals surface area contributed by atoms with Gasteiger partial charge < -0.3 is 4.74 Å². The number of nitrogens with two attached hydrogens (primary N) is 1. The maximum atomic E-state index is 13.7. The van der Waals surface area contributed by atoms with E-state index in [0.717, 1.165) is 12.1 Å². The van der Waals surface area contributed by atoms with Gasteiger partial charge in [0.2, 0.25) is 0 Å². The second-order valence-electron chi connectivity index (χ2n) is 4.44. The zero-order valence-corrected chi connectivity index (χ0v) is 11.9. The fourth-order valence-electron chi connectivity index (χ4n) is 1.98. The van der Waals surface area contributed by atoms with Crippen molar-refractivity contribution in [1.29, 1.82) is 0 Å². The number of rotatable bonds is 4. The molecule has 0 aliphatic rings. The molecule has 0 saturated heterocycles. The standard InChI is InChI=1S/C14H12F3NO3S/c15-14(16,17)13(22(18,19)20,11-7-3-1-4-8-11)21-12-9-5-2-6-10-12/h1-10H,(H2,18,19,20). The molecule has 0 radical (unpaired) electrons. The van der Waals surface area contributed by atoms with Crippen molar-refractivity contribution in [3.05, 3.63) is 66.2 Å². The average molecular weight is 331 g/mol. The van der Waals surface area contributed by atoms with Gasteiger partial charge >= 0.3 is 11.1 Å². The fraction of sp³-hybridized carbons (Fsp3) is 0.143. The molecule has 8 heteroatoms. The molecular weight excluding hydrogens is 319 g/mol. The van der Waals surface area contributed by atoms with E-state index >= 15 is 0 Å². The molecule has 4 nitrogen and oxygen atoms in total. The maximum Gasteiger partial charge on any atom is 0.449 e. The Balaban J connectivity index is 2.72. The predicted octanol–water partition coefficient (Wildman–Crippen LogP) is 2.77. The van der Waals surface area contributed by atoms with Gasteiger partial charge in [0.25, 0.3) is 10.0 Å². The van der Waals surface area contributed by atoms with E-state index in [-0.39, 0.29) is 5.75 Å². The third-order valence-electron chi connectivity index (χ3n) is 2.93. The monoisotopic (exact) mass is 331 g/mol. The van der Waals surface area contributed by atoms with Gasteiger partial charge in [-0.2, -0.15) is 13.2 Å². The SMILES string of the molecule is NS(=O)(=O)C(Oc1ccccc1)(c1ccccc1)C(F)(F)F. The normalized spacial score (nSPS) is 15.1. The Hall–Kier alpha value is -2.06. The fourth-order valence-corrected chi connectivity index (χ4v) is 2.98. The summed E-state index contributed by atoms with van der Waals surface area (Å²) in [6, 6.07) is 12.8. The lowest BCUT2D eigenvalue weighted by atomic mass is 10.1. The van der Waals surface area contributed by atoms with Gasteiger partial charge in [0.15, 0.2) is 0 Å². The summed E-state index contributed by atoms with van der Waals surface area (Å²) in [5.41, 5.74) is -0.617. The van der Waals surface area contributed by atoms with Crippen LogP contribution in [0.3, 0.4) is 0 Å². The van der Waals surface area contributed by atoms with Crippen molar-refractivity contribution in [2.24, 2.45) is 5.14 Å². The lowest BCUT2D eigenvalue weighted by Crippen LogP contribution is -2.56. The van der Waals surface area contributed by atoms with E-state index in [1.807, 2.05) is 0 Å². The second-order valence-corrected chi connectivity index (χ2v) is 6.11. The van der Waals surface area contributed by atoms with Crippen LogP contribution in [0, 0.1) is 0 Å². The highest BCUT2D eigenvalue weighted by molar-refractivity contribution is 7.90. The number of sulfonamides is 1.